The fourth-order valence-corrected chi connectivity index (χ4v) is 2.80. The maximum Gasteiger partial charge on any atom is 0.265 e. The molecule has 1 aromatic carbocycles. The molecule has 3 N–H and O–H groups in total. The van der Waals surface area contributed by atoms with Gasteiger partial charge in [0.05, 0.1) is 19.7 Å². The summed E-state index contributed by atoms with van der Waals surface area (Å²) in [4.78, 5) is 29.5. The first-order valence-corrected chi connectivity index (χ1v) is 8.90. The number of nitrogens with zero attached hydrogens (tertiary/aromatic N) is 1. The number of aromatic amines is 1. The molecule has 0 radical (unpaired) electrons. The third-order valence-electron chi connectivity index (χ3n) is 4.39. The number of methoxy groups -OCH3 is 2. The summed E-state index contributed by atoms with van der Waals surface area (Å²) < 4.78 is 10.4. The van der Waals surface area contributed by atoms with Gasteiger partial charge < -0.3 is 29.8 Å². The van der Waals surface area contributed by atoms with Crippen LogP contribution in [0.2, 0.25) is 0 Å². The van der Waals surface area contributed by atoms with Gasteiger partial charge in [-0.2, -0.15) is 0 Å². The average molecular weight is 377 g/mol. The van der Waals surface area contributed by atoms with Crippen LogP contribution in [0, 0.1) is 0 Å². The molecule has 0 unspecified atom stereocenters. The molecule has 0 aliphatic heterocycles. The molecule has 0 aliphatic carbocycles. The number of H-pyrrole nitrogens is 1. The molecule has 2 aromatic rings. The van der Waals surface area contributed by atoms with Gasteiger partial charge in [0.2, 0.25) is 0 Å². The van der Waals surface area contributed by atoms with Crippen molar-refractivity contribution in [1.29, 1.82) is 0 Å². The fraction of sp³-hybridized carbons (Fsp3) is 0.474. The summed E-state index contributed by atoms with van der Waals surface area (Å²) >= 11 is 0. The fourth-order valence-electron chi connectivity index (χ4n) is 2.80. The summed E-state index contributed by atoms with van der Waals surface area (Å²) in [5, 5.41) is 13.5. The standard InChI is InChI=1S/C19H27N3O5/c1-5-6-8-22(2)9-7-20-18(24)16-17(23)12-10-14(26-3)15(27-4)11-13(12)21-19(16)25/h10-11H,5-9H2,1-4H3,(H,20,24)(H2,21,23,25). The Morgan fingerprint density at radius 3 is 2.52 bits per heavy atom. The van der Waals surface area contributed by atoms with Crippen LogP contribution < -0.4 is 20.3 Å². The molecular weight excluding hydrogens is 350 g/mol. The Morgan fingerprint density at radius 2 is 1.89 bits per heavy atom. The monoisotopic (exact) mass is 377 g/mol. The minimum atomic E-state index is -0.663. The van der Waals surface area contributed by atoms with Crippen molar-refractivity contribution in [3.05, 3.63) is 28.0 Å². The number of amides is 1. The lowest BCUT2D eigenvalue weighted by Gasteiger charge is -2.16. The molecule has 1 amide bonds. The molecule has 1 aromatic heterocycles. The number of hydrogen-bond donors (Lipinski definition) is 3. The second kappa shape index (κ2) is 9.27. The molecule has 0 saturated carbocycles. The van der Waals surface area contributed by atoms with Crippen molar-refractivity contribution >= 4 is 16.8 Å². The van der Waals surface area contributed by atoms with Crippen molar-refractivity contribution < 1.29 is 19.4 Å². The van der Waals surface area contributed by atoms with Crippen molar-refractivity contribution in [3.8, 4) is 17.2 Å². The third kappa shape index (κ3) is 4.71. The molecule has 148 valence electrons. The molecule has 8 heteroatoms. The van der Waals surface area contributed by atoms with Crippen LogP contribution in [0.4, 0.5) is 0 Å². The molecule has 0 bridgehead atoms. The molecular formula is C19H27N3O5. The first-order valence-electron chi connectivity index (χ1n) is 8.90. The molecule has 8 nitrogen and oxygen atoms in total. The van der Waals surface area contributed by atoms with Crippen LogP contribution in [0.3, 0.4) is 0 Å². The second-order valence-corrected chi connectivity index (χ2v) is 6.34. The highest BCUT2D eigenvalue weighted by Crippen LogP contribution is 2.35. The van der Waals surface area contributed by atoms with E-state index >= 15 is 0 Å². The SMILES string of the molecule is CCCCN(C)CCNC(=O)c1c(O)c2cc(OC)c(OC)cc2[nH]c1=O. The Kier molecular flexibility index (Phi) is 7.06. The van der Waals surface area contributed by atoms with E-state index in [1.165, 1.54) is 20.3 Å². The van der Waals surface area contributed by atoms with Gasteiger partial charge in [0.1, 0.15) is 11.3 Å². The van der Waals surface area contributed by atoms with Gasteiger partial charge in [0.25, 0.3) is 11.5 Å². The summed E-state index contributed by atoms with van der Waals surface area (Å²) in [6.45, 7) is 4.09. The molecule has 1 heterocycles. The number of carbonyl (C=O) groups is 1. The zero-order valence-electron chi connectivity index (χ0n) is 16.2. The highest BCUT2D eigenvalue weighted by molar-refractivity contribution is 6.02. The molecule has 0 spiro atoms. The van der Waals surface area contributed by atoms with Crippen molar-refractivity contribution in [1.82, 2.24) is 15.2 Å². The summed E-state index contributed by atoms with van der Waals surface area (Å²) in [7, 11) is 4.91. The van der Waals surface area contributed by atoms with Gasteiger partial charge in [-0.05, 0) is 26.1 Å². The normalized spacial score (nSPS) is 11.0. The van der Waals surface area contributed by atoms with Crippen LogP contribution >= 0.6 is 0 Å². The van der Waals surface area contributed by atoms with E-state index < -0.39 is 11.5 Å². The highest BCUT2D eigenvalue weighted by Gasteiger charge is 2.20. The second-order valence-electron chi connectivity index (χ2n) is 6.34. The smallest absolute Gasteiger partial charge is 0.265 e. The molecule has 27 heavy (non-hydrogen) atoms. The number of pyridine rings is 1. The molecule has 0 fully saturated rings. The number of carbonyl (C=O) groups excluding carboxylic acids is 1. The summed E-state index contributed by atoms with van der Waals surface area (Å²) in [6, 6.07) is 3.06. The lowest BCUT2D eigenvalue weighted by molar-refractivity contribution is 0.0946. The van der Waals surface area contributed by atoms with E-state index in [2.05, 4.69) is 22.1 Å². The number of likely N-dealkylation sites (N-methyl/N-ethyl adjacent to an activating group) is 1. The minimum absolute atomic E-state index is 0.303. The maximum absolute atomic E-state index is 12.4. The van der Waals surface area contributed by atoms with E-state index in [4.69, 9.17) is 9.47 Å². The quantitative estimate of drug-likeness (QED) is 0.615. The highest BCUT2D eigenvalue weighted by atomic mass is 16.5. The zero-order valence-corrected chi connectivity index (χ0v) is 16.2. The molecule has 2 rings (SSSR count). The largest absolute Gasteiger partial charge is 0.506 e. The van der Waals surface area contributed by atoms with E-state index in [1.54, 1.807) is 6.07 Å². The van der Waals surface area contributed by atoms with Crippen molar-refractivity contribution in [3.63, 3.8) is 0 Å². The number of fused-ring (bicyclic) bond motifs is 1. The Morgan fingerprint density at radius 1 is 1.22 bits per heavy atom. The predicted octanol–water partition coefficient (Wildman–Crippen LogP) is 1.71. The number of aromatic nitrogens is 1. The first-order chi connectivity index (χ1) is 12.9. The molecule has 0 aliphatic rings. The number of hydrogen-bond acceptors (Lipinski definition) is 6. The summed E-state index contributed by atoms with van der Waals surface area (Å²) in [5.41, 5.74) is -0.624. The van der Waals surface area contributed by atoms with Gasteiger partial charge in [-0.3, -0.25) is 9.59 Å². The Bertz CT molecular complexity index is 863. The van der Waals surface area contributed by atoms with Crippen molar-refractivity contribution in [2.24, 2.45) is 0 Å². The number of rotatable bonds is 9. The van der Waals surface area contributed by atoms with Crippen molar-refractivity contribution in [2.75, 3.05) is 40.9 Å². The summed E-state index contributed by atoms with van der Waals surface area (Å²) in [5.74, 6) is -0.204. The first kappa shape index (κ1) is 20.6. The van der Waals surface area contributed by atoms with Crippen LogP contribution in [0.25, 0.3) is 10.9 Å². The van der Waals surface area contributed by atoms with Crippen molar-refractivity contribution in [2.45, 2.75) is 19.8 Å². The number of nitrogens with one attached hydrogen (secondary N) is 2. The maximum atomic E-state index is 12.4. The number of unbranched alkanes of at least 4 members (excludes halogenated alkanes) is 1. The van der Waals surface area contributed by atoms with Gasteiger partial charge in [0.15, 0.2) is 11.5 Å². The van der Waals surface area contributed by atoms with Crippen LogP contribution in [0.15, 0.2) is 16.9 Å². The number of aromatic hydroxyl groups is 1. The van der Waals surface area contributed by atoms with E-state index in [0.717, 1.165) is 19.4 Å². The Labute approximate surface area is 158 Å². The van der Waals surface area contributed by atoms with Gasteiger partial charge in [-0.15, -0.1) is 0 Å². The van der Waals surface area contributed by atoms with Gasteiger partial charge in [-0.25, -0.2) is 0 Å². The summed E-state index contributed by atoms with van der Waals surface area (Å²) in [6.07, 6.45) is 2.19. The van der Waals surface area contributed by atoms with Gasteiger partial charge in [-0.1, -0.05) is 13.3 Å². The Hall–Kier alpha value is -2.74. The lowest BCUT2D eigenvalue weighted by Crippen LogP contribution is -2.35. The van der Waals surface area contributed by atoms with Crippen LogP contribution in [0.5, 0.6) is 17.2 Å². The van der Waals surface area contributed by atoms with Crippen LogP contribution in [-0.2, 0) is 0 Å². The van der Waals surface area contributed by atoms with Gasteiger partial charge in [0, 0.05) is 24.5 Å². The average Bonchev–Trinajstić information content (AvgIpc) is 2.65. The van der Waals surface area contributed by atoms with E-state index in [9.17, 15) is 14.7 Å². The van der Waals surface area contributed by atoms with Crippen LogP contribution in [-0.4, -0.2) is 61.8 Å². The van der Waals surface area contributed by atoms with E-state index in [1.807, 2.05) is 7.05 Å². The number of ether oxygens (including phenoxy) is 2. The van der Waals surface area contributed by atoms with Gasteiger partial charge >= 0.3 is 0 Å². The molecule has 0 atom stereocenters. The Balaban J connectivity index is 2.25. The third-order valence-corrected chi connectivity index (χ3v) is 4.39. The lowest BCUT2D eigenvalue weighted by atomic mass is 10.1. The van der Waals surface area contributed by atoms with E-state index in [-0.39, 0.29) is 11.3 Å². The zero-order chi connectivity index (χ0) is 20.0. The predicted molar refractivity (Wildman–Crippen MR) is 104 cm³/mol. The van der Waals surface area contributed by atoms with Crippen LogP contribution in [0.1, 0.15) is 30.1 Å². The number of benzene rings is 1. The topological polar surface area (TPSA) is 104 Å². The van der Waals surface area contributed by atoms with E-state index in [0.29, 0.717) is 35.5 Å². The minimum Gasteiger partial charge on any atom is -0.506 e. The molecule has 0 saturated heterocycles.